The van der Waals surface area contributed by atoms with Crippen LogP contribution in [-0.4, -0.2) is 11.1 Å². The standard InChI is InChI=1S/C15H7FN2O3/c16-13-6-12(3-1-10(13)7-17)21-14-4-2-9(15(19)20)5-11(14)8-18/h1-6H,(H,19,20). The van der Waals surface area contributed by atoms with Gasteiger partial charge in [0.2, 0.25) is 0 Å². The second kappa shape index (κ2) is 5.72. The van der Waals surface area contributed by atoms with Gasteiger partial charge in [-0.2, -0.15) is 10.5 Å². The monoisotopic (exact) mass is 282 g/mol. The fourth-order valence-electron chi connectivity index (χ4n) is 1.62. The van der Waals surface area contributed by atoms with E-state index in [1.165, 1.54) is 24.3 Å². The maximum atomic E-state index is 13.5. The van der Waals surface area contributed by atoms with Gasteiger partial charge in [-0.25, -0.2) is 9.18 Å². The molecule has 0 aromatic heterocycles. The third kappa shape index (κ3) is 2.96. The number of carbonyl (C=O) groups is 1. The molecule has 21 heavy (non-hydrogen) atoms. The molecular formula is C15H7FN2O3. The normalized spacial score (nSPS) is 9.48. The van der Waals surface area contributed by atoms with E-state index in [9.17, 15) is 9.18 Å². The number of aromatic carboxylic acids is 1. The van der Waals surface area contributed by atoms with Crippen molar-refractivity contribution in [1.29, 1.82) is 10.5 Å². The van der Waals surface area contributed by atoms with Crippen molar-refractivity contribution < 1.29 is 19.0 Å². The number of rotatable bonds is 3. The highest BCUT2D eigenvalue weighted by molar-refractivity contribution is 5.88. The molecular weight excluding hydrogens is 275 g/mol. The average Bonchev–Trinajstić information content (AvgIpc) is 2.47. The molecule has 0 radical (unpaired) electrons. The maximum Gasteiger partial charge on any atom is 0.335 e. The van der Waals surface area contributed by atoms with Crippen LogP contribution in [0.5, 0.6) is 11.5 Å². The molecule has 0 fully saturated rings. The van der Waals surface area contributed by atoms with Crippen LogP contribution < -0.4 is 4.74 Å². The van der Waals surface area contributed by atoms with Crippen molar-refractivity contribution in [1.82, 2.24) is 0 Å². The molecule has 6 heteroatoms. The highest BCUT2D eigenvalue weighted by Gasteiger charge is 2.11. The van der Waals surface area contributed by atoms with Gasteiger partial charge in [0.05, 0.1) is 16.7 Å². The van der Waals surface area contributed by atoms with Crippen LogP contribution in [0.2, 0.25) is 0 Å². The highest BCUT2D eigenvalue weighted by Crippen LogP contribution is 2.27. The number of nitriles is 2. The predicted octanol–water partition coefficient (Wildman–Crippen LogP) is 3.06. The van der Waals surface area contributed by atoms with Gasteiger partial charge in [0.25, 0.3) is 0 Å². The number of hydrogen-bond acceptors (Lipinski definition) is 4. The Balaban J connectivity index is 2.36. The lowest BCUT2D eigenvalue weighted by molar-refractivity contribution is 0.0697. The van der Waals surface area contributed by atoms with Crippen LogP contribution in [0.15, 0.2) is 36.4 Å². The molecule has 1 N–H and O–H groups in total. The van der Waals surface area contributed by atoms with E-state index in [-0.39, 0.29) is 28.2 Å². The second-order valence-corrected chi connectivity index (χ2v) is 3.98. The molecule has 5 nitrogen and oxygen atoms in total. The van der Waals surface area contributed by atoms with E-state index < -0.39 is 11.8 Å². The van der Waals surface area contributed by atoms with Crippen molar-refractivity contribution in [3.8, 4) is 23.6 Å². The van der Waals surface area contributed by atoms with Crippen LogP contribution >= 0.6 is 0 Å². The minimum atomic E-state index is -1.16. The quantitative estimate of drug-likeness (QED) is 0.933. The van der Waals surface area contributed by atoms with E-state index in [4.69, 9.17) is 20.4 Å². The van der Waals surface area contributed by atoms with Crippen molar-refractivity contribution in [3.63, 3.8) is 0 Å². The Kier molecular flexibility index (Phi) is 3.83. The summed E-state index contributed by atoms with van der Waals surface area (Å²) in [6.07, 6.45) is 0. The van der Waals surface area contributed by atoms with E-state index >= 15 is 0 Å². The molecule has 0 unspecified atom stereocenters. The van der Waals surface area contributed by atoms with E-state index in [0.717, 1.165) is 12.1 Å². The molecule has 0 aliphatic rings. The molecule has 2 aromatic carbocycles. The fourth-order valence-corrected chi connectivity index (χ4v) is 1.62. The zero-order chi connectivity index (χ0) is 15.4. The lowest BCUT2D eigenvalue weighted by atomic mass is 10.1. The maximum absolute atomic E-state index is 13.5. The third-order valence-corrected chi connectivity index (χ3v) is 2.64. The number of carboxylic acid groups (broad SMARTS) is 1. The first-order chi connectivity index (χ1) is 10.0. The Morgan fingerprint density at radius 3 is 2.38 bits per heavy atom. The lowest BCUT2D eigenvalue weighted by Crippen LogP contribution is -1.98. The molecule has 2 aromatic rings. The van der Waals surface area contributed by atoms with Gasteiger partial charge in [-0.15, -0.1) is 0 Å². The molecule has 0 saturated carbocycles. The van der Waals surface area contributed by atoms with Crippen molar-refractivity contribution in [2.45, 2.75) is 0 Å². The Hall–Kier alpha value is -3.38. The first-order valence-electron chi connectivity index (χ1n) is 5.70. The second-order valence-electron chi connectivity index (χ2n) is 3.98. The zero-order valence-electron chi connectivity index (χ0n) is 10.5. The van der Waals surface area contributed by atoms with Crippen LogP contribution in [0, 0.1) is 28.5 Å². The van der Waals surface area contributed by atoms with Crippen molar-refractivity contribution in [3.05, 3.63) is 58.9 Å². The summed E-state index contributed by atoms with van der Waals surface area (Å²) in [5, 5.41) is 26.5. The van der Waals surface area contributed by atoms with E-state index in [1.54, 1.807) is 6.07 Å². The summed E-state index contributed by atoms with van der Waals surface area (Å²) in [5.74, 6) is -1.70. The van der Waals surface area contributed by atoms with E-state index in [0.29, 0.717) is 0 Å². The molecule has 0 aliphatic carbocycles. The Morgan fingerprint density at radius 2 is 1.81 bits per heavy atom. The van der Waals surface area contributed by atoms with Gasteiger partial charge in [0, 0.05) is 6.07 Å². The van der Waals surface area contributed by atoms with Crippen molar-refractivity contribution in [2.75, 3.05) is 0 Å². The van der Waals surface area contributed by atoms with Crippen LogP contribution in [0.1, 0.15) is 21.5 Å². The third-order valence-electron chi connectivity index (χ3n) is 2.64. The van der Waals surface area contributed by atoms with Gasteiger partial charge >= 0.3 is 5.97 Å². The van der Waals surface area contributed by atoms with Crippen LogP contribution in [0.4, 0.5) is 4.39 Å². The van der Waals surface area contributed by atoms with Crippen molar-refractivity contribution in [2.24, 2.45) is 0 Å². The summed E-state index contributed by atoms with van der Waals surface area (Å²) in [4.78, 5) is 10.8. The Labute approximate surface area is 119 Å². The highest BCUT2D eigenvalue weighted by atomic mass is 19.1. The molecule has 0 saturated heterocycles. The van der Waals surface area contributed by atoms with Crippen molar-refractivity contribution >= 4 is 5.97 Å². The molecule has 0 spiro atoms. The number of carboxylic acids is 1. The van der Waals surface area contributed by atoms with E-state index in [1.807, 2.05) is 6.07 Å². The summed E-state index contributed by atoms with van der Waals surface area (Å²) < 4.78 is 18.8. The number of nitrogens with zero attached hydrogens (tertiary/aromatic N) is 2. The first-order valence-corrected chi connectivity index (χ1v) is 5.70. The summed E-state index contributed by atoms with van der Waals surface area (Å²) in [6, 6.07) is 10.9. The van der Waals surface area contributed by atoms with Crippen LogP contribution in [0.25, 0.3) is 0 Å². The van der Waals surface area contributed by atoms with Gasteiger partial charge in [0.1, 0.15) is 29.5 Å². The molecule has 2 rings (SSSR count). The largest absolute Gasteiger partial charge is 0.478 e. The van der Waals surface area contributed by atoms with E-state index in [2.05, 4.69) is 0 Å². The fraction of sp³-hybridized carbons (Fsp3) is 0. The summed E-state index contributed by atoms with van der Waals surface area (Å²) in [6.45, 7) is 0. The van der Waals surface area contributed by atoms with Gasteiger partial charge in [-0.1, -0.05) is 0 Å². The zero-order valence-corrected chi connectivity index (χ0v) is 10.5. The molecule has 0 heterocycles. The SMILES string of the molecule is N#Cc1ccc(Oc2ccc(C(=O)O)cc2C#N)cc1F. The number of hydrogen-bond donors (Lipinski definition) is 1. The van der Waals surface area contributed by atoms with Gasteiger partial charge in [-0.3, -0.25) is 0 Å². The molecule has 0 amide bonds. The molecule has 0 bridgehead atoms. The van der Waals surface area contributed by atoms with Crippen LogP contribution in [0.3, 0.4) is 0 Å². The van der Waals surface area contributed by atoms with Gasteiger partial charge in [-0.05, 0) is 30.3 Å². The summed E-state index contributed by atoms with van der Waals surface area (Å²) in [7, 11) is 0. The minimum absolute atomic E-state index is 0.0136. The Bertz CT molecular complexity index is 804. The topological polar surface area (TPSA) is 94.1 Å². The molecule has 102 valence electrons. The lowest BCUT2D eigenvalue weighted by Gasteiger charge is -2.08. The molecule has 0 atom stereocenters. The predicted molar refractivity (Wildman–Crippen MR) is 69.3 cm³/mol. The Morgan fingerprint density at radius 1 is 1.10 bits per heavy atom. The minimum Gasteiger partial charge on any atom is -0.478 e. The number of benzene rings is 2. The first kappa shape index (κ1) is 14.0. The summed E-state index contributed by atoms with van der Waals surface area (Å²) >= 11 is 0. The smallest absolute Gasteiger partial charge is 0.335 e. The average molecular weight is 282 g/mol. The summed E-state index contributed by atoms with van der Waals surface area (Å²) in [5.41, 5.74) is -0.159. The van der Waals surface area contributed by atoms with Crippen LogP contribution in [-0.2, 0) is 0 Å². The number of halogens is 1. The van der Waals surface area contributed by atoms with Gasteiger partial charge < -0.3 is 9.84 Å². The molecule has 0 aliphatic heterocycles. The van der Waals surface area contributed by atoms with Gasteiger partial charge in [0.15, 0.2) is 0 Å². The number of ether oxygens (including phenoxy) is 1.